The SMILES string of the molecule is OC1CCC(CCCCOc2ccc(-c3nc4ccc(OCCCNC5CCCCC5)cc4o3)cc2)CC1. The van der Waals surface area contributed by atoms with Crippen LogP contribution in [0, 0.1) is 5.92 Å². The molecule has 6 nitrogen and oxygen atoms in total. The molecule has 0 aliphatic heterocycles. The highest BCUT2D eigenvalue weighted by Gasteiger charge is 2.18. The number of aromatic nitrogens is 1. The summed E-state index contributed by atoms with van der Waals surface area (Å²) in [7, 11) is 0. The van der Waals surface area contributed by atoms with E-state index in [0.29, 0.717) is 18.5 Å². The minimum atomic E-state index is -0.0630. The third-order valence-corrected chi connectivity index (χ3v) is 8.18. The van der Waals surface area contributed by atoms with Gasteiger partial charge in [-0.05, 0) is 107 Å². The average molecular weight is 521 g/mol. The summed E-state index contributed by atoms with van der Waals surface area (Å²) in [5.74, 6) is 3.09. The van der Waals surface area contributed by atoms with E-state index < -0.39 is 0 Å². The molecule has 0 atom stereocenters. The minimum Gasteiger partial charge on any atom is -0.494 e. The van der Waals surface area contributed by atoms with Gasteiger partial charge < -0.3 is 24.3 Å². The standard InChI is InChI=1S/C32H44N2O4/c35-27-14-10-24(11-15-27)7-4-5-21-36-28-16-12-25(13-17-28)32-34-30-19-18-29(23-31(30)38-32)37-22-6-20-33-26-8-2-1-3-9-26/h12-13,16-19,23-24,26-27,33,35H,1-11,14-15,20-22H2. The highest BCUT2D eigenvalue weighted by Crippen LogP contribution is 2.30. The molecule has 2 aliphatic carbocycles. The molecule has 0 saturated heterocycles. The molecule has 2 aliphatic rings. The van der Waals surface area contributed by atoms with Crippen molar-refractivity contribution in [2.45, 2.75) is 95.6 Å². The van der Waals surface area contributed by atoms with Crippen molar-refractivity contribution in [1.29, 1.82) is 0 Å². The largest absolute Gasteiger partial charge is 0.494 e. The molecule has 2 N–H and O–H groups in total. The molecule has 38 heavy (non-hydrogen) atoms. The van der Waals surface area contributed by atoms with Crippen LogP contribution >= 0.6 is 0 Å². The molecule has 1 heterocycles. The fourth-order valence-electron chi connectivity index (χ4n) is 5.85. The molecule has 6 heteroatoms. The van der Waals surface area contributed by atoms with E-state index in [4.69, 9.17) is 13.9 Å². The number of aliphatic hydroxyl groups excluding tert-OH is 1. The van der Waals surface area contributed by atoms with Gasteiger partial charge in [0, 0.05) is 17.7 Å². The van der Waals surface area contributed by atoms with E-state index in [1.165, 1.54) is 57.8 Å². The molecule has 1 aromatic heterocycles. The summed E-state index contributed by atoms with van der Waals surface area (Å²) in [6.07, 6.45) is 15.5. The molecular weight excluding hydrogens is 476 g/mol. The summed E-state index contributed by atoms with van der Waals surface area (Å²) in [4.78, 5) is 4.66. The monoisotopic (exact) mass is 520 g/mol. The first kappa shape index (κ1) is 27.0. The lowest BCUT2D eigenvalue weighted by Crippen LogP contribution is -2.32. The maximum absolute atomic E-state index is 9.64. The third kappa shape index (κ3) is 7.97. The van der Waals surface area contributed by atoms with E-state index in [2.05, 4.69) is 10.3 Å². The van der Waals surface area contributed by atoms with Gasteiger partial charge in [0.15, 0.2) is 5.58 Å². The number of ether oxygens (including phenoxy) is 2. The molecule has 2 aromatic carbocycles. The predicted molar refractivity (Wildman–Crippen MR) is 152 cm³/mol. The molecule has 5 rings (SSSR count). The Balaban J connectivity index is 1.03. The number of nitrogens with one attached hydrogen (secondary N) is 1. The minimum absolute atomic E-state index is 0.0630. The van der Waals surface area contributed by atoms with Crippen molar-refractivity contribution >= 4 is 11.1 Å². The second-order valence-electron chi connectivity index (χ2n) is 11.2. The van der Waals surface area contributed by atoms with Crippen molar-refractivity contribution in [3.8, 4) is 23.0 Å². The molecule has 206 valence electrons. The number of hydrogen-bond acceptors (Lipinski definition) is 6. The molecule has 0 unspecified atom stereocenters. The Morgan fingerprint density at radius 2 is 1.55 bits per heavy atom. The van der Waals surface area contributed by atoms with Gasteiger partial charge in [-0.25, -0.2) is 4.98 Å². The lowest BCUT2D eigenvalue weighted by Gasteiger charge is -2.25. The van der Waals surface area contributed by atoms with Gasteiger partial charge >= 0.3 is 0 Å². The van der Waals surface area contributed by atoms with Gasteiger partial charge in [0.05, 0.1) is 19.3 Å². The van der Waals surface area contributed by atoms with Crippen molar-refractivity contribution in [3.05, 3.63) is 42.5 Å². The van der Waals surface area contributed by atoms with Gasteiger partial charge in [0.25, 0.3) is 0 Å². The number of fused-ring (bicyclic) bond motifs is 1. The first-order valence-corrected chi connectivity index (χ1v) is 14.9. The first-order valence-electron chi connectivity index (χ1n) is 14.9. The number of nitrogens with zero attached hydrogens (tertiary/aromatic N) is 1. The molecule has 3 aromatic rings. The van der Waals surface area contributed by atoms with Crippen LogP contribution in [0.2, 0.25) is 0 Å². The maximum Gasteiger partial charge on any atom is 0.227 e. The number of rotatable bonds is 13. The number of benzene rings is 2. The number of aliphatic hydroxyl groups is 1. The first-order chi connectivity index (χ1) is 18.7. The van der Waals surface area contributed by atoms with Crippen LogP contribution in [0.4, 0.5) is 0 Å². The Bertz CT molecular complexity index is 1100. The Morgan fingerprint density at radius 3 is 2.37 bits per heavy atom. The van der Waals surface area contributed by atoms with Crippen LogP contribution in [-0.4, -0.2) is 42.0 Å². The molecule has 0 amide bonds. The highest BCUT2D eigenvalue weighted by molar-refractivity contribution is 5.77. The van der Waals surface area contributed by atoms with E-state index in [0.717, 1.165) is 72.9 Å². The van der Waals surface area contributed by atoms with Crippen molar-refractivity contribution in [2.24, 2.45) is 5.92 Å². The van der Waals surface area contributed by atoms with Gasteiger partial charge in [-0.3, -0.25) is 0 Å². The Morgan fingerprint density at radius 1 is 0.816 bits per heavy atom. The van der Waals surface area contributed by atoms with Crippen LogP contribution in [0.15, 0.2) is 46.9 Å². The lowest BCUT2D eigenvalue weighted by atomic mass is 9.84. The van der Waals surface area contributed by atoms with Gasteiger partial charge in [-0.1, -0.05) is 25.7 Å². The van der Waals surface area contributed by atoms with E-state index in [9.17, 15) is 5.11 Å². The zero-order valence-electron chi connectivity index (χ0n) is 22.7. The van der Waals surface area contributed by atoms with Crippen LogP contribution in [0.1, 0.15) is 83.5 Å². The normalized spacial score (nSPS) is 20.6. The molecule has 0 radical (unpaired) electrons. The summed E-state index contributed by atoms with van der Waals surface area (Å²) in [5, 5.41) is 13.3. The van der Waals surface area contributed by atoms with E-state index in [1.807, 2.05) is 42.5 Å². The van der Waals surface area contributed by atoms with Gasteiger partial charge in [-0.2, -0.15) is 0 Å². The number of unbranched alkanes of at least 4 members (excludes halogenated alkanes) is 1. The van der Waals surface area contributed by atoms with Crippen LogP contribution in [0.5, 0.6) is 11.5 Å². The van der Waals surface area contributed by atoms with Crippen molar-refractivity contribution in [1.82, 2.24) is 10.3 Å². The Labute approximate surface area is 227 Å². The van der Waals surface area contributed by atoms with Crippen LogP contribution in [-0.2, 0) is 0 Å². The Hall–Kier alpha value is -2.57. The summed E-state index contributed by atoms with van der Waals surface area (Å²) < 4.78 is 18.0. The van der Waals surface area contributed by atoms with Crippen LogP contribution in [0.3, 0.4) is 0 Å². The second-order valence-corrected chi connectivity index (χ2v) is 11.2. The van der Waals surface area contributed by atoms with Gasteiger partial charge in [-0.15, -0.1) is 0 Å². The maximum atomic E-state index is 9.64. The zero-order valence-corrected chi connectivity index (χ0v) is 22.7. The van der Waals surface area contributed by atoms with Crippen molar-refractivity contribution in [2.75, 3.05) is 19.8 Å². The molecule has 2 fully saturated rings. The number of hydrogen-bond donors (Lipinski definition) is 2. The van der Waals surface area contributed by atoms with Gasteiger partial charge in [0.2, 0.25) is 5.89 Å². The molecule has 0 bridgehead atoms. The quantitative estimate of drug-likeness (QED) is 0.231. The Kier molecular flexibility index (Phi) is 9.95. The summed E-state index contributed by atoms with van der Waals surface area (Å²) in [6.45, 7) is 2.43. The topological polar surface area (TPSA) is 76.8 Å². The predicted octanol–water partition coefficient (Wildman–Crippen LogP) is 7.29. The van der Waals surface area contributed by atoms with Gasteiger partial charge in [0.1, 0.15) is 17.0 Å². The lowest BCUT2D eigenvalue weighted by molar-refractivity contribution is 0.105. The third-order valence-electron chi connectivity index (χ3n) is 8.18. The van der Waals surface area contributed by atoms with E-state index >= 15 is 0 Å². The van der Waals surface area contributed by atoms with E-state index in [1.54, 1.807) is 0 Å². The zero-order chi connectivity index (χ0) is 26.0. The summed E-state index contributed by atoms with van der Waals surface area (Å²) in [5.41, 5.74) is 2.51. The smallest absolute Gasteiger partial charge is 0.227 e. The average Bonchev–Trinajstić information content (AvgIpc) is 3.38. The fourth-order valence-corrected chi connectivity index (χ4v) is 5.85. The van der Waals surface area contributed by atoms with Crippen LogP contribution < -0.4 is 14.8 Å². The molecule has 2 saturated carbocycles. The highest BCUT2D eigenvalue weighted by atomic mass is 16.5. The van der Waals surface area contributed by atoms with E-state index in [-0.39, 0.29) is 6.10 Å². The van der Waals surface area contributed by atoms with Crippen LogP contribution in [0.25, 0.3) is 22.6 Å². The summed E-state index contributed by atoms with van der Waals surface area (Å²) in [6, 6.07) is 14.6. The molecule has 0 spiro atoms. The van der Waals surface area contributed by atoms with Crippen molar-refractivity contribution < 1.29 is 19.0 Å². The molecular formula is C32H44N2O4. The van der Waals surface area contributed by atoms with Crippen molar-refractivity contribution in [3.63, 3.8) is 0 Å². The number of oxazole rings is 1. The summed E-state index contributed by atoms with van der Waals surface area (Å²) >= 11 is 0. The fraction of sp³-hybridized carbons (Fsp3) is 0.594. The second kappa shape index (κ2) is 14.0.